The molecule has 244 valence electrons. The molecule has 0 aromatic carbocycles. The molecule has 9 atom stereocenters. The Morgan fingerprint density at radius 3 is 2.58 bits per heavy atom. The average Bonchev–Trinajstić information content (AvgIpc) is 3.40. The van der Waals surface area contributed by atoms with E-state index in [-0.39, 0.29) is 60.7 Å². The van der Waals surface area contributed by atoms with Crippen LogP contribution in [-0.2, 0) is 4.79 Å². The molecule has 8 nitrogen and oxygen atoms in total. The number of nitrogens with zero attached hydrogens (tertiary/aromatic N) is 1. The van der Waals surface area contributed by atoms with Crippen LogP contribution in [-0.4, -0.2) is 91.9 Å². The van der Waals surface area contributed by atoms with Crippen LogP contribution in [0.1, 0.15) is 123 Å². The van der Waals surface area contributed by atoms with Crippen molar-refractivity contribution in [1.82, 2.24) is 15.5 Å². The summed E-state index contributed by atoms with van der Waals surface area (Å²) in [5.41, 5.74) is -1.46. The van der Waals surface area contributed by atoms with Crippen LogP contribution in [0.15, 0.2) is 0 Å². The molecule has 6 N–H and O–H groups in total. The molecule has 0 aromatic heterocycles. The van der Waals surface area contributed by atoms with E-state index in [0.29, 0.717) is 24.8 Å². The van der Waals surface area contributed by atoms with Crippen molar-refractivity contribution in [3.05, 3.63) is 0 Å². The molecule has 5 aliphatic rings. The van der Waals surface area contributed by atoms with Gasteiger partial charge in [0.2, 0.25) is 0 Å². The Bertz CT molecular complexity index is 1010. The monoisotopic (exact) mass is 601 g/mol. The number of carboxylic acid groups (broad SMARTS) is 1. The third-order valence-corrected chi connectivity index (χ3v) is 12.0. The lowest BCUT2D eigenvalue weighted by atomic mass is 9.72. The van der Waals surface area contributed by atoms with Crippen molar-refractivity contribution in [2.45, 2.75) is 164 Å². The minimum atomic E-state index is -1.35. The number of nitrogens with one attached hydrogen (secondary N) is 2. The summed E-state index contributed by atoms with van der Waals surface area (Å²) in [5, 5.41) is 49.7. The van der Waals surface area contributed by atoms with Gasteiger partial charge in [-0.05, 0) is 116 Å². The highest BCUT2D eigenvalue weighted by molar-refractivity contribution is 5.68. The zero-order chi connectivity index (χ0) is 30.7. The second-order valence-electron chi connectivity index (χ2n) is 15.7. The summed E-state index contributed by atoms with van der Waals surface area (Å²) in [5.74, 6) is 7.14. The number of hydrogen-bond acceptors (Lipinski definition) is 7. The first-order valence-electron chi connectivity index (χ1n) is 17.5. The van der Waals surface area contributed by atoms with Crippen molar-refractivity contribution in [3.63, 3.8) is 0 Å². The highest BCUT2D eigenvalue weighted by Crippen LogP contribution is 2.43. The molecule has 0 aromatic rings. The fraction of sp³-hybridized carbons (Fsp3) is 0.914. The Morgan fingerprint density at radius 2 is 1.84 bits per heavy atom. The molecule has 5 rings (SSSR count). The van der Waals surface area contributed by atoms with E-state index < -0.39 is 11.6 Å². The van der Waals surface area contributed by atoms with Crippen molar-refractivity contribution in [1.29, 1.82) is 0 Å². The van der Waals surface area contributed by atoms with Crippen molar-refractivity contribution in [3.8, 4) is 11.8 Å². The number of rotatable bonds is 6. The van der Waals surface area contributed by atoms with Crippen molar-refractivity contribution >= 4 is 5.97 Å². The van der Waals surface area contributed by atoms with Gasteiger partial charge in [0.1, 0.15) is 0 Å². The van der Waals surface area contributed by atoms with Gasteiger partial charge in [-0.1, -0.05) is 18.8 Å². The molecule has 8 heteroatoms. The van der Waals surface area contributed by atoms with Crippen molar-refractivity contribution < 1.29 is 25.2 Å². The van der Waals surface area contributed by atoms with Crippen LogP contribution >= 0.6 is 0 Å². The molecule has 1 aliphatic carbocycles. The maximum Gasteiger partial charge on any atom is 0.306 e. The number of carbonyl (C=O) groups is 1. The third kappa shape index (κ3) is 8.54. The van der Waals surface area contributed by atoms with Crippen LogP contribution in [0.4, 0.5) is 0 Å². The topological polar surface area (TPSA) is 125 Å². The SMILES string of the molecule is C[C@H]1[C@H](O)CC[C@H]2C[C@@H](CC[C@@H]3C#CC[C@H]4C[C@](C)(CC5(CCCC5)N4)NC[C@](O)(CC(=O)O)CC[C@@H](CO)C3)CCN21. The molecule has 1 saturated carbocycles. The number of β-amino-alcohol motifs (C(OH)–C–C–N with tert-alkyl or cyclic N) is 1. The third-order valence-electron chi connectivity index (χ3n) is 12.0. The maximum absolute atomic E-state index is 11.8. The normalized spacial score (nSPS) is 42.4. The van der Waals surface area contributed by atoms with Crippen LogP contribution in [0, 0.1) is 29.6 Å². The minimum Gasteiger partial charge on any atom is -0.481 e. The predicted molar refractivity (Wildman–Crippen MR) is 168 cm³/mol. The molecule has 1 spiro atoms. The summed E-state index contributed by atoms with van der Waals surface area (Å²) >= 11 is 0. The summed E-state index contributed by atoms with van der Waals surface area (Å²) in [6, 6.07) is 1.09. The number of carboxylic acids is 1. The van der Waals surface area contributed by atoms with Crippen LogP contribution in [0.3, 0.4) is 0 Å². The molecule has 2 bridgehead atoms. The van der Waals surface area contributed by atoms with E-state index in [1.807, 2.05) is 0 Å². The summed E-state index contributed by atoms with van der Waals surface area (Å²) in [4.78, 5) is 14.4. The lowest BCUT2D eigenvalue weighted by Crippen LogP contribution is -2.65. The van der Waals surface area contributed by atoms with E-state index in [2.05, 4.69) is 41.2 Å². The summed E-state index contributed by atoms with van der Waals surface area (Å²) in [6.07, 6.45) is 15.2. The zero-order valence-corrected chi connectivity index (χ0v) is 26.8. The Labute approximate surface area is 259 Å². The zero-order valence-electron chi connectivity index (χ0n) is 26.8. The van der Waals surface area contributed by atoms with E-state index in [9.17, 15) is 25.2 Å². The molecule has 0 unspecified atom stereocenters. The Balaban J connectivity index is 1.31. The van der Waals surface area contributed by atoms with Gasteiger partial charge in [-0.3, -0.25) is 9.69 Å². The van der Waals surface area contributed by atoms with Crippen LogP contribution < -0.4 is 10.6 Å². The van der Waals surface area contributed by atoms with Gasteiger partial charge in [-0.15, -0.1) is 5.92 Å². The molecule has 0 radical (unpaired) electrons. The number of fused-ring (bicyclic) bond motifs is 3. The molecular weight excluding hydrogens is 542 g/mol. The van der Waals surface area contributed by atoms with Gasteiger partial charge in [-0.2, -0.15) is 0 Å². The Morgan fingerprint density at radius 1 is 1.05 bits per heavy atom. The second-order valence-corrected chi connectivity index (χ2v) is 15.7. The summed E-state index contributed by atoms with van der Waals surface area (Å²) in [7, 11) is 0. The minimum absolute atomic E-state index is 0.0138. The molecule has 3 saturated heterocycles. The fourth-order valence-electron chi connectivity index (χ4n) is 9.66. The number of piperidine rings is 3. The van der Waals surface area contributed by atoms with Gasteiger partial charge in [0.15, 0.2) is 0 Å². The van der Waals surface area contributed by atoms with Crippen LogP contribution in [0.2, 0.25) is 0 Å². The molecule has 4 fully saturated rings. The highest BCUT2D eigenvalue weighted by Gasteiger charge is 2.47. The van der Waals surface area contributed by atoms with Gasteiger partial charge in [-0.25, -0.2) is 0 Å². The van der Waals surface area contributed by atoms with Gasteiger partial charge in [0.05, 0.1) is 18.1 Å². The summed E-state index contributed by atoms with van der Waals surface area (Å²) in [6.45, 7) is 5.76. The van der Waals surface area contributed by atoms with Crippen molar-refractivity contribution in [2.24, 2.45) is 17.8 Å². The predicted octanol–water partition coefficient (Wildman–Crippen LogP) is 3.81. The van der Waals surface area contributed by atoms with E-state index >= 15 is 0 Å². The number of aliphatic carboxylic acids is 1. The molecular formula is C35H59N3O5. The van der Waals surface area contributed by atoms with E-state index in [1.54, 1.807) is 0 Å². The second kappa shape index (κ2) is 14.1. The highest BCUT2D eigenvalue weighted by atomic mass is 16.4. The summed E-state index contributed by atoms with van der Waals surface area (Å²) < 4.78 is 0. The average molecular weight is 602 g/mol. The lowest BCUT2D eigenvalue weighted by Gasteiger charge is -2.50. The maximum atomic E-state index is 11.8. The Hall–Kier alpha value is -1.21. The smallest absolute Gasteiger partial charge is 0.306 e. The first-order chi connectivity index (χ1) is 20.5. The number of aliphatic hydroxyl groups excluding tert-OH is 2. The first-order valence-corrected chi connectivity index (χ1v) is 17.5. The van der Waals surface area contributed by atoms with Gasteiger partial charge in [0, 0.05) is 54.7 Å². The first kappa shape index (κ1) is 33.2. The van der Waals surface area contributed by atoms with E-state index in [0.717, 1.165) is 70.8 Å². The number of hydrogen-bond donors (Lipinski definition) is 6. The van der Waals surface area contributed by atoms with Crippen LogP contribution in [0.25, 0.3) is 0 Å². The van der Waals surface area contributed by atoms with Crippen molar-refractivity contribution in [2.75, 3.05) is 19.7 Å². The van der Waals surface area contributed by atoms with Crippen LogP contribution in [0.5, 0.6) is 0 Å². The van der Waals surface area contributed by atoms with Gasteiger partial charge >= 0.3 is 5.97 Å². The van der Waals surface area contributed by atoms with E-state index in [4.69, 9.17) is 0 Å². The quantitative estimate of drug-likeness (QED) is 0.254. The standard InChI is InChI=1S/C35H59N3O5/c1-25-31(40)11-10-30-19-27(13-17-38(25)30)9-8-26-6-5-7-29-20-33(2,23-34(37-29)14-3-4-15-34)36-24-35(43,21-32(41)42)16-12-28(18-26)22-39/h25-31,36-37,39-40,43H,3-4,7-24H2,1-2H3,(H,41,42)/t25-,26-,27-,28+,29-,30-,31+,33+,35+/m0/s1. The molecule has 4 aliphatic heterocycles. The van der Waals surface area contributed by atoms with E-state index in [1.165, 1.54) is 25.7 Å². The number of aliphatic hydroxyl groups is 3. The largest absolute Gasteiger partial charge is 0.481 e. The molecule has 0 amide bonds. The fourth-order valence-corrected chi connectivity index (χ4v) is 9.66. The van der Waals surface area contributed by atoms with Gasteiger partial charge < -0.3 is 31.1 Å². The lowest BCUT2D eigenvalue weighted by molar-refractivity contribution is -0.143. The molecule has 4 heterocycles. The molecule has 43 heavy (non-hydrogen) atoms. The van der Waals surface area contributed by atoms with Gasteiger partial charge in [0.25, 0.3) is 0 Å². The Kier molecular flexibility index (Phi) is 10.8.